The lowest BCUT2D eigenvalue weighted by molar-refractivity contribution is -0.273. The molecule has 0 aromatic carbocycles. The van der Waals surface area contributed by atoms with Crippen LogP contribution in [0, 0.1) is 52.3 Å². The van der Waals surface area contributed by atoms with Gasteiger partial charge in [0.2, 0.25) is 0 Å². The van der Waals surface area contributed by atoms with Crippen molar-refractivity contribution in [2.24, 2.45) is 52.3 Å². The van der Waals surface area contributed by atoms with E-state index < -0.39 is 0 Å². The van der Waals surface area contributed by atoms with E-state index in [2.05, 4.69) is 27.7 Å². The number of aliphatic hydroxyl groups is 1. The molecule has 3 heteroatoms. The van der Waals surface area contributed by atoms with Crippen LogP contribution >= 0.6 is 0 Å². The van der Waals surface area contributed by atoms with Crippen LogP contribution in [0.15, 0.2) is 0 Å². The van der Waals surface area contributed by atoms with E-state index in [4.69, 9.17) is 9.47 Å². The summed E-state index contributed by atoms with van der Waals surface area (Å²) < 4.78 is 13.4. The van der Waals surface area contributed by atoms with Crippen LogP contribution in [-0.2, 0) is 9.47 Å². The van der Waals surface area contributed by atoms with Crippen LogP contribution in [0.1, 0.15) is 91.9 Å². The third kappa shape index (κ3) is 2.61. The lowest BCUT2D eigenvalue weighted by atomic mass is 9.44. The number of hydrogen-bond acceptors (Lipinski definition) is 3. The molecule has 1 N–H and O–H groups in total. The summed E-state index contributed by atoms with van der Waals surface area (Å²) in [6.45, 7) is 10.9. The molecule has 1 spiro atoms. The molecule has 12 atom stereocenters. The highest BCUT2D eigenvalue weighted by Gasteiger charge is 2.69. The summed E-state index contributed by atoms with van der Waals surface area (Å²) in [5.74, 6) is 4.93. The predicted octanol–water partition coefficient (Wildman–Crippen LogP) is 5.79. The Morgan fingerprint density at radius 2 is 1.63 bits per heavy atom. The molecule has 0 aromatic rings. The minimum absolute atomic E-state index is 0.0389. The summed E-state index contributed by atoms with van der Waals surface area (Å²) in [4.78, 5) is 0. The number of hydrogen-bond donors (Lipinski definition) is 1. The van der Waals surface area contributed by atoms with Gasteiger partial charge < -0.3 is 14.6 Å². The molecule has 6 aliphatic rings. The third-order valence-corrected chi connectivity index (χ3v) is 11.9. The SMILES string of the molecule is C[C@H]1CC[C@@]2(OC1)O[C@H]1C[C@H]3[C@@H]4CC[C@@H]5C[C@@H](O)CC[C@]5(C)[C@H]4CC[C@]3(C)C1[C@@H]2C. The summed E-state index contributed by atoms with van der Waals surface area (Å²) in [5.41, 5.74) is 0.899. The van der Waals surface area contributed by atoms with Gasteiger partial charge in [-0.2, -0.15) is 0 Å². The molecule has 30 heavy (non-hydrogen) atoms. The van der Waals surface area contributed by atoms with Gasteiger partial charge in [-0.3, -0.25) is 0 Å². The molecular formula is C27H44O3. The molecule has 4 aliphatic carbocycles. The lowest BCUT2D eigenvalue weighted by Crippen LogP contribution is -2.55. The fourth-order valence-corrected chi connectivity index (χ4v) is 10.3. The lowest BCUT2D eigenvalue weighted by Gasteiger charge is -2.61. The first kappa shape index (κ1) is 20.5. The van der Waals surface area contributed by atoms with Crippen molar-refractivity contribution in [3.63, 3.8) is 0 Å². The number of aliphatic hydroxyl groups excluding tert-OH is 1. The van der Waals surface area contributed by atoms with E-state index in [-0.39, 0.29) is 11.9 Å². The van der Waals surface area contributed by atoms with Gasteiger partial charge in [0.1, 0.15) is 0 Å². The van der Waals surface area contributed by atoms with Crippen LogP contribution in [0.4, 0.5) is 0 Å². The molecule has 0 aromatic heterocycles. The Kier molecular flexibility index (Phi) is 4.58. The highest BCUT2D eigenvalue weighted by molar-refractivity contribution is 5.15. The summed E-state index contributed by atoms with van der Waals surface area (Å²) in [6.07, 6.45) is 12.9. The van der Waals surface area contributed by atoms with E-state index in [1.165, 1.54) is 44.9 Å². The van der Waals surface area contributed by atoms with Crippen molar-refractivity contribution >= 4 is 0 Å². The van der Waals surface area contributed by atoms with Crippen LogP contribution in [-0.4, -0.2) is 29.7 Å². The van der Waals surface area contributed by atoms with Crippen molar-refractivity contribution < 1.29 is 14.6 Å². The summed E-state index contributed by atoms with van der Waals surface area (Å²) >= 11 is 0. The largest absolute Gasteiger partial charge is 0.393 e. The van der Waals surface area contributed by atoms with Crippen molar-refractivity contribution in [2.45, 2.75) is 110 Å². The fourth-order valence-electron chi connectivity index (χ4n) is 10.3. The van der Waals surface area contributed by atoms with E-state index in [1.807, 2.05) is 0 Å². The van der Waals surface area contributed by atoms with Crippen LogP contribution in [0.3, 0.4) is 0 Å². The Morgan fingerprint density at radius 3 is 2.40 bits per heavy atom. The predicted molar refractivity (Wildman–Crippen MR) is 118 cm³/mol. The minimum Gasteiger partial charge on any atom is -0.393 e. The Bertz CT molecular complexity index is 684. The smallest absolute Gasteiger partial charge is 0.171 e. The molecule has 6 rings (SSSR count). The van der Waals surface area contributed by atoms with Crippen LogP contribution in [0.5, 0.6) is 0 Å². The highest BCUT2D eigenvalue weighted by Crippen LogP contribution is 2.71. The maximum Gasteiger partial charge on any atom is 0.171 e. The average Bonchev–Trinajstić information content (AvgIpc) is 3.16. The number of fused-ring (bicyclic) bond motifs is 7. The molecule has 170 valence electrons. The molecule has 3 nitrogen and oxygen atoms in total. The average molecular weight is 417 g/mol. The number of ether oxygens (including phenoxy) is 2. The Hall–Kier alpha value is -0.120. The van der Waals surface area contributed by atoms with Gasteiger partial charge in [-0.25, -0.2) is 0 Å². The second kappa shape index (κ2) is 6.70. The molecule has 6 fully saturated rings. The van der Waals surface area contributed by atoms with Crippen molar-refractivity contribution in [2.75, 3.05) is 6.61 Å². The van der Waals surface area contributed by atoms with Gasteiger partial charge in [0, 0.05) is 12.3 Å². The summed E-state index contributed by atoms with van der Waals surface area (Å²) in [6, 6.07) is 0. The van der Waals surface area contributed by atoms with Crippen molar-refractivity contribution in [1.29, 1.82) is 0 Å². The van der Waals surface area contributed by atoms with Gasteiger partial charge in [-0.15, -0.1) is 0 Å². The Balaban J connectivity index is 1.26. The van der Waals surface area contributed by atoms with Gasteiger partial charge in [-0.05, 0) is 104 Å². The maximum atomic E-state index is 10.3. The van der Waals surface area contributed by atoms with E-state index >= 15 is 0 Å². The maximum absolute atomic E-state index is 10.3. The third-order valence-electron chi connectivity index (χ3n) is 11.9. The van der Waals surface area contributed by atoms with Crippen LogP contribution < -0.4 is 0 Å². The highest BCUT2D eigenvalue weighted by atomic mass is 16.7. The first-order valence-corrected chi connectivity index (χ1v) is 13.3. The molecule has 0 bridgehead atoms. The zero-order valence-corrected chi connectivity index (χ0v) is 19.7. The molecule has 0 amide bonds. The first-order chi connectivity index (χ1) is 14.3. The zero-order valence-electron chi connectivity index (χ0n) is 19.7. The minimum atomic E-state index is -0.282. The van der Waals surface area contributed by atoms with E-state index in [9.17, 15) is 5.11 Å². The normalized spacial score (nSPS) is 62.5. The molecular weight excluding hydrogens is 372 g/mol. The fraction of sp³-hybridized carbons (Fsp3) is 1.00. The van der Waals surface area contributed by atoms with Crippen molar-refractivity contribution in [3.05, 3.63) is 0 Å². The molecule has 2 aliphatic heterocycles. The van der Waals surface area contributed by atoms with Crippen LogP contribution in [0.2, 0.25) is 0 Å². The summed E-state index contributed by atoms with van der Waals surface area (Å²) in [5, 5.41) is 10.3. The quantitative estimate of drug-likeness (QED) is 0.543. The molecule has 2 saturated heterocycles. The van der Waals surface area contributed by atoms with Crippen LogP contribution in [0.25, 0.3) is 0 Å². The van der Waals surface area contributed by atoms with Gasteiger partial charge in [0.25, 0.3) is 0 Å². The Labute approximate surface area is 183 Å². The van der Waals surface area contributed by atoms with Gasteiger partial charge >= 0.3 is 0 Å². The molecule has 0 radical (unpaired) electrons. The van der Waals surface area contributed by atoms with Crippen molar-refractivity contribution in [1.82, 2.24) is 0 Å². The van der Waals surface area contributed by atoms with Gasteiger partial charge in [0.15, 0.2) is 5.79 Å². The first-order valence-electron chi connectivity index (χ1n) is 13.3. The van der Waals surface area contributed by atoms with Gasteiger partial charge in [-0.1, -0.05) is 27.7 Å². The summed E-state index contributed by atoms with van der Waals surface area (Å²) in [7, 11) is 0. The number of rotatable bonds is 0. The second-order valence-corrected chi connectivity index (χ2v) is 13.1. The monoisotopic (exact) mass is 416 g/mol. The molecule has 4 saturated carbocycles. The standard InChI is InChI=1S/C27H44O3/c1-16-7-12-27(29-15-16)17(2)24-23(30-27)14-22-20-6-5-18-13-19(28)8-10-25(18,3)21(20)9-11-26(22,24)4/h16-24,28H,5-15H2,1-4H3/t16-,17-,18+,19-,20+,21-,22-,23-,24?,25-,26-,27+/m0/s1. The molecule has 2 heterocycles. The second-order valence-electron chi connectivity index (χ2n) is 13.1. The van der Waals surface area contributed by atoms with Crippen molar-refractivity contribution in [3.8, 4) is 0 Å². The van der Waals surface area contributed by atoms with E-state index in [0.29, 0.717) is 34.7 Å². The zero-order chi connectivity index (χ0) is 20.9. The van der Waals surface area contributed by atoms with Gasteiger partial charge in [0.05, 0.1) is 18.8 Å². The molecule has 1 unspecified atom stereocenters. The topological polar surface area (TPSA) is 38.7 Å². The van der Waals surface area contributed by atoms with E-state index in [1.54, 1.807) is 0 Å². The Morgan fingerprint density at radius 1 is 0.833 bits per heavy atom. The van der Waals surface area contributed by atoms with E-state index in [0.717, 1.165) is 49.5 Å².